The van der Waals surface area contributed by atoms with Gasteiger partial charge in [-0.05, 0) is 61.0 Å². The molecule has 0 saturated carbocycles. The van der Waals surface area contributed by atoms with Crippen molar-refractivity contribution in [3.05, 3.63) is 83.9 Å². The molecular formula is C28H27N3O6S. The number of methoxy groups -OCH3 is 1. The van der Waals surface area contributed by atoms with Crippen LogP contribution >= 0.6 is 0 Å². The van der Waals surface area contributed by atoms with Gasteiger partial charge in [-0.1, -0.05) is 24.3 Å². The van der Waals surface area contributed by atoms with Crippen LogP contribution < -0.4 is 14.5 Å². The number of fused-ring (bicyclic) bond motifs is 1. The van der Waals surface area contributed by atoms with E-state index < -0.39 is 21.9 Å². The Morgan fingerprint density at radius 2 is 1.84 bits per heavy atom. The quantitative estimate of drug-likeness (QED) is 0.428. The molecule has 0 aliphatic carbocycles. The van der Waals surface area contributed by atoms with Gasteiger partial charge in [0.05, 0.1) is 19.6 Å². The second-order valence-corrected chi connectivity index (χ2v) is 10.7. The summed E-state index contributed by atoms with van der Waals surface area (Å²) in [5, 5.41) is 0. The Morgan fingerprint density at radius 1 is 1.08 bits per heavy atom. The zero-order valence-corrected chi connectivity index (χ0v) is 21.8. The first-order chi connectivity index (χ1) is 18.3. The number of aryl methyl sites for hydroxylation is 1. The SMILES string of the molecule is COc1ccc(N2CC(C(=O)OCCN(C3=NS(=O)(=O)c4ccccc43)c3cccc(C)c3)CC2=O)cc1. The first-order valence-corrected chi connectivity index (χ1v) is 13.6. The van der Waals surface area contributed by atoms with Crippen molar-refractivity contribution in [1.82, 2.24) is 0 Å². The number of benzene rings is 3. The van der Waals surface area contributed by atoms with Crippen molar-refractivity contribution in [1.29, 1.82) is 0 Å². The van der Waals surface area contributed by atoms with Crippen molar-refractivity contribution in [3.8, 4) is 5.75 Å². The van der Waals surface area contributed by atoms with Crippen LogP contribution in [0.25, 0.3) is 0 Å². The molecule has 1 fully saturated rings. The lowest BCUT2D eigenvalue weighted by Gasteiger charge is -2.25. The number of anilines is 2. The maximum Gasteiger partial charge on any atom is 0.311 e. The Balaban J connectivity index is 1.30. The van der Waals surface area contributed by atoms with Crippen LogP contribution in [0.15, 0.2) is 82.1 Å². The van der Waals surface area contributed by atoms with Crippen LogP contribution in [0.4, 0.5) is 11.4 Å². The van der Waals surface area contributed by atoms with Gasteiger partial charge in [0, 0.05) is 29.9 Å². The van der Waals surface area contributed by atoms with E-state index in [4.69, 9.17) is 9.47 Å². The average molecular weight is 534 g/mol. The summed E-state index contributed by atoms with van der Waals surface area (Å²) in [5.41, 5.74) is 2.91. The average Bonchev–Trinajstić information content (AvgIpc) is 3.43. The highest BCUT2D eigenvalue weighted by molar-refractivity contribution is 7.90. The fourth-order valence-electron chi connectivity index (χ4n) is 4.67. The number of esters is 1. The third-order valence-corrected chi connectivity index (χ3v) is 7.91. The van der Waals surface area contributed by atoms with E-state index in [1.165, 1.54) is 6.07 Å². The molecule has 1 unspecified atom stereocenters. The molecule has 0 bridgehead atoms. The maximum atomic E-state index is 12.9. The van der Waals surface area contributed by atoms with Gasteiger partial charge in [-0.15, -0.1) is 4.40 Å². The van der Waals surface area contributed by atoms with E-state index in [1.807, 2.05) is 31.2 Å². The predicted molar refractivity (Wildman–Crippen MR) is 143 cm³/mol. The van der Waals surface area contributed by atoms with Crippen LogP contribution in [0, 0.1) is 12.8 Å². The van der Waals surface area contributed by atoms with Crippen molar-refractivity contribution in [3.63, 3.8) is 0 Å². The number of carbonyl (C=O) groups excluding carboxylic acids is 2. The molecule has 0 radical (unpaired) electrons. The standard InChI is InChI=1S/C28H27N3O6S/c1-19-6-5-7-22(16-19)30(27-24-8-3-4-9-25(24)38(34,35)29-27)14-15-37-28(33)20-17-26(32)31(18-20)21-10-12-23(36-2)13-11-21/h3-13,16,20H,14-15,17-18H2,1-2H3. The zero-order chi connectivity index (χ0) is 26.9. The van der Waals surface area contributed by atoms with Crippen molar-refractivity contribution in [2.75, 3.05) is 36.6 Å². The largest absolute Gasteiger partial charge is 0.497 e. The van der Waals surface area contributed by atoms with Gasteiger partial charge in [-0.2, -0.15) is 8.42 Å². The molecule has 0 spiro atoms. The molecule has 0 aromatic heterocycles. The molecule has 3 aromatic rings. The molecule has 9 nitrogen and oxygen atoms in total. The first-order valence-electron chi connectivity index (χ1n) is 12.2. The highest BCUT2D eigenvalue weighted by Gasteiger charge is 2.37. The highest BCUT2D eigenvalue weighted by Crippen LogP contribution is 2.31. The third kappa shape index (κ3) is 4.99. The minimum atomic E-state index is -3.83. The van der Waals surface area contributed by atoms with Crippen LogP contribution in [0.2, 0.25) is 0 Å². The molecule has 2 aliphatic rings. The van der Waals surface area contributed by atoms with Crippen LogP contribution in [0.3, 0.4) is 0 Å². The van der Waals surface area contributed by atoms with Crippen LogP contribution in [-0.4, -0.2) is 52.9 Å². The smallest absolute Gasteiger partial charge is 0.311 e. The van der Waals surface area contributed by atoms with Gasteiger partial charge in [0.1, 0.15) is 17.3 Å². The number of ether oxygens (including phenoxy) is 2. The van der Waals surface area contributed by atoms with Crippen LogP contribution in [0.5, 0.6) is 5.75 Å². The minimum absolute atomic E-state index is 0.0127. The Labute approximate surface area is 221 Å². The highest BCUT2D eigenvalue weighted by atomic mass is 32.2. The molecule has 2 heterocycles. The number of sulfonamides is 1. The van der Waals surface area contributed by atoms with Gasteiger partial charge >= 0.3 is 5.97 Å². The number of hydrogen-bond donors (Lipinski definition) is 0. The first kappa shape index (κ1) is 25.5. The van der Waals surface area contributed by atoms with Crippen LogP contribution in [0.1, 0.15) is 17.5 Å². The maximum absolute atomic E-state index is 12.9. The summed E-state index contributed by atoms with van der Waals surface area (Å²) in [6.07, 6.45) is 0.0603. The lowest BCUT2D eigenvalue weighted by Crippen LogP contribution is -2.35. The second-order valence-electron chi connectivity index (χ2n) is 9.15. The molecule has 3 aromatic carbocycles. The van der Waals surface area contributed by atoms with Gasteiger partial charge in [-0.3, -0.25) is 9.59 Å². The molecule has 2 aliphatic heterocycles. The zero-order valence-electron chi connectivity index (χ0n) is 21.0. The van der Waals surface area contributed by atoms with E-state index in [0.717, 1.165) is 11.3 Å². The molecule has 196 valence electrons. The van der Waals surface area contributed by atoms with Gasteiger partial charge in [0.2, 0.25) is 5.91 Å². The number of amidine groups is 1. The van der Waals surface area contributed by atoms with E-state index in [9.17, 15) is 18.0 Å². The monoisotopic (exact) mass is 533 g/mol. The van der Waals surface area contributed by atoms with E-state index >= 15 is 0 Å². The molecule has 1 amide bonds. The molecule has 0 N–H and O–H groups in total. The third-order valence-electron chi connectivity index (χ3n) is 6.58. The number of rotatable bonds is 7. The van der Waals surface area contributed by atoms with Gasteiger partial charge in [-0.25, -0.2) is 0 Å². The number of hydrogen-bond acceptors (Lipinski definition) is 7. The molecule has 5 rings (SSSR count). The van der Waals surface area contributed by atoms with Gasteiger partial charge < -0.3 is 19.3 Å². The lowest BCUT2D eigenvalue weighted by atomic mass is 10.1. The minimum Gasteiger partial charge on any atom is -0.497 e. The summed E-state index contributed by atoms with van der Waals surface area (Å²) < 4.78 is 40.2. The van der Waals surface area contributed by atoms with E-state index in [1.54, 1.807) is 59.4 Å². The topological polar surface area (TPSA) is 106 Å². The van der Waals surface area contributed by atoms with Crippen molar-refractivity contribution in [2.45, 2.75) is 18.2 Å². The summed E-state index contributed by atoms with van der Waals surface area (Å²) in [4.78, 5) is 29.0. The second kappa shape index (κ2) is 10.3. The van der Waals surface area contributed by atoms with E-state index in [0.29, 0.717) is 17.0 Å². The summed E-state index contributed by atoms with van der Waals surface area (Å²) in [5.74, 6) is -0.261. The van der Waals surface area contributed by atoms with Crippen molar-refractivity contribution < 1.29 is 27.5 Å². The summed E-state index contributed by atoms with van der Waals surface area (Å²) >= 11 is 0. The number of nitrogens with zero attached hydrogens (tertiary/aromatic N) is 3. The Kier molecular flexibility index (Phi) is 6.90. The summed E-state index contributed by atoms with van der Waals surface area (Å²) in [6, 6.07) is 21.3. The normalized spacial score (nSPS) is 17.6. The molecular weight excluding hydrogens is 506 g/mol. The molecule has 1 atom stereocenters. The Morgan fingerprint density at radius 3 is 2.58 bits per heavy atom. The van der Waals surface area contributed by atoms with Crippen molar-refractivity contribution >= 4 is 39.1 Å². The molecule has 38 heavy (non-hydrogen) atoms. The fraction of sp³-hybridized carbons (Fsp3) is 0.250. The fourth-order valence-corrected chi connectivity index (χ4v) is 5.88. The molecule has 1 saturated heterocycles. The Bertz CT molecular complexity index is 1520. The van der Waals surface area contributed by atoms with E-state index in [-0.39, 0.29) is 42.8 Å². The summed E-state index contributed by atoms with van der Waals surface area (Å²) in [6.45, 7) is 2.33. The Hall–Kier alpha value is -4.18. The van der Waals surface area contributed by atoms with E-state index in [2.05, 4.69) is 4.40 Å². The predicted octanol–water partition coefficient (Wildman–Crippen LogP) is 3.56. The van der Waals surface area contributed by atoms with Gasteiger partial charge in [0.25, 0.3) is 10.0 Å². The molecule has 10 heteroatoms. The van der Waals surface area contributed by atoms with Gasteiger partial charge in [0.15, 0.2) is 5.84 Å². The number of amides is 1. The van der Waals surface area contributed by atoms with Crippen LogP contribution in [-0.2, 0) is 24.3 Å². The number of carbonyl (C=O) groups is 2. The van der Waals surface area contributed by atoms with Crippen molar-refractivity contribution in [2.24, 2.45) is 10.3 Å². The summed E-state index contributed by atoms with van der Waals surface area (Å²) in [7, 11) is -2.26. The lowest BCUT2D eigenvalue weighted by molar-refractivity contribution is -0.148.